The number of methoxy groups -OCH3 is 1. The number of rotatable bonds is 5. The maximum Gasteiger partial charge on any atom is 0.125 e. The third-order valence-electron chi connectivity index (χ3n) is 4.09. The molecule has 3 heteroatoms. The van der Waals surface area contributed by atoms with E-state index in [1.54, 1.807) is 7.11 Å². The molecular weight excluding hydrogens is 268 g/mol. The van der Waals surface area contributed by atoms with Gasteiger partial charge in [0.25, 0.3) is 0 Å². The fourth-order valence-corrected chi connectivity index (χ4v) is 4.37. The van der Waals surface area contributed by atoms with Gasteiger partial charge in [-0.25, -0.2) is 0 Å². The van der Waals surface area contributed by atoms with Crippen molar-refractivity contribution in [1.29, 1.82) is 0 Å². The van der Waals surface area contributed by atoms with E-state index in [0.717, 1.165) is 27.9 Å². The first kappa shape index (κ1) is 15.7. The average molecular weight is 294 g/mol. The lowest BCUT2D eigenvalue weighted by Crippen LogP contribution is -2.12. The largest absolute Gasteiger partial charge is 0.496 e. The van der Waals surface area contributed by atoms with Crippen LogP contribution in [0, 0.1) is 13.8 Å². The lowest BCUT2D eigenvalue weighted by molar-refractivity contribution is 0.198. The van der Waals surface area contributed by atoms with Crippen molar-refractivity contribution in [3.63, 3.8) is 0 Å². The molecule has 1 aliphatic carbocycles. The number of hydrogen-bond acceptors (Lipinski definition) is 3. The van der Waals surface area contributed by atoms with E-state index in [9.17, 15) is 5.11 Å². The van der Waals surface area contributed by atoms with E-state index in [4.69, 9.17) is 4.74 Å². The van der Waals surface area contributed by atoms with E-state index in [2.05, 4.69) is 19.9 Å². The molecule has 1 N–H and O–H groups in total. The normalized spacial score (nSPS) is 18.0. The standard InChI is InChI=1S/C17H26O2S/c1-12-9-13(2)17(16(10-12)19-3)15(18)11-20-14-7-5-4-6-8-14/h9-10,14-15,18H,4-8,11H2,1-3H3. The Morgan fingerprint density at radius 1 is 1.25 bits per heavy atom. The van der Waals surface area contributed by atoms with Gasteiger partial charge in [-0.1, -0.05) is 25.3 Å². The highest BCUT2D eigenvalue weighted by molar-refractivity contribution is 7.99. The number of aliphatic hydroxyl groups is 1. The van der Waals surface area contributed by atoms with E-state index in [0.29, 0.717) is 0 Å². The summed E-state index contributed by atoms with van der Waals surface area (Å²) in [6, 6.07) is 4.13. The zero-order chi connectivity index (χ0) is 14.5. The molecule has 112 valence electrons. The second-order valence-electron chi connectivity index (χ2n) is 5.81. The second kappa shape index (κ2) is 7.37. The van der Waals surface area contributed by atoms with Gasteiger partial charge >= 0.3 is 0 Å². The summed E-state index contributed by atoms with van der Waals surface area (Å²) in [6.07, 6.45) is 6.26. The quantitative estimate of drug-likeness (QED) is 0.872. The van der Waals surface area contributed by atoms with Crippen LogP contribution < -0.4 is 4.74 Å². The minimum absolute atomic E-state index is 0.433. The fourth-order valence-electron chi connectivity index (χ4n) is 3.08. The number of aliphatic hydroxyl groups excluding tert-OH is 1. The van der Waals surface area contributed by atoms with Crippen molar-refractivity contribution in [2.24, 2.45) is 0 Å². The highest BCUT2D eigenvalue weighted by Gasteiger charge is 2.20. The summed E-state index contributed by atoms with van der Waals surface area (Å²) >= 11 is 1.93. The second-order valence-corrected chi connectivity index (χ2v) is 7.14. The summed E-state index contributed by atoms with van der Waals surface area (Å²) in [5, 5.41) is 11.3. The van der Waals surface area contributed by atoms with Crippen LogP contribution in [0.2, 0.25) is 0 Å². The molecule has 1 aromatic carbocycles. The van der Waals surface area contributed by atoms with Crippen LogP contribution in [0.3, 0.4) is 0 Å². The number of aryl methyl sites for hydroxylation is 2. The maximum atomic E-state index is 10.5. The predicted octanol–water partition coefficient (Wildman–Crippen LogP) is 4.41. The molecule has 2 rings (SSSR count). The summed E-state index contributed by atoms with van der Waals surface area (Å²) in [7, 11) is 1.68. The first-order valence-corrected chi connectivity index (χ1v) is 8.61. The summed E-state index contributed by atoms with van der Waals surface area (Å²) in [6.45, 7) is 4.11. The summed E-state index contributed by atoms with van der Waals surface area (Å²) in [4.78, 5) is 0. The van der Waals surface area contributed by atoms with Gasteiger partial charge in [-0.3, -0.25) is 0 Å². The molecule has 1 fully saturated rings. The van der Waals surface area contributed by atoms with Gasteiger partial charge < -0.3 is 9.84 Å². The number of hydrogen-bond donors (Lipinski definition) is 1. The van der Waals surface area contributed by atoms with Crippen LogP contribution in [0.4, 0.5) is 0 Å². The van der Waals surface area contributed by atoms with E-state index in [1.165, 1.54) is 37.7 Å². The van der Waals surface area contributed by atoms with E-state index < -0.39 is 6.10 Å². The molecule has 0 radical (unpaired) electrons. The first-order valence-electron chi connectivity index (χ1n) is 7.56. The van der Waals surface area contributed by atoms with E-state index in [-0.39, 0.29) is 0 Å². The van der Waals surface area contributed by atoms with Crippen LogP contribution in [0.1, 0.15) is 54.9 Å². The van der Waals surface area contributed by atoms with Gasteiger partial charge in [0.2, 0.25) is 0 Å². The Labute approximate surface area is 126 Å². The number of benzene rings is 1. The summed E-state index contributed by atoms with van der Waals surface area (Å²) in [5.41, 5.74) is 3.26. The molecule has 0 aliphatic heterocycles. The minimum Gasteiger partial charge on any atom is -0.496 e. The van der Waals surface area contributed by atoms with Gasteiger partial charge in [-0.2, -0.15) is 11.8 Å². The molecule has 0 aromatic heterocycles. The van der Waals surface area contributed by atoms with Crippen LogP contribution in [-0.2, 0) is 0 Å². The molecule has 0 spiro atoms. The summed E-state index contributed by atoms with van der Waals surface area (Å²) in [5.74, 6) is 1.59. The topological polar surface area (TPSA) is 29.5 Å². The zero-order valence-electron chi connectivity index (χ0n) is 12.8. The number of ether oxygens (including phenoxy) is 1. The third-order valence-corrected chi connectivity index (χ3v) is 5.54. The van der Waals surface area contributed by atoms with Gasteiger partial charge in [0.1, 0.15) is 5.75 Å². The molecule has 1 unspecified atom stereocenters. The van der Waals surface area contributed by atoms with Crippen LogP contribution >= 0.6 is 11.8 Å². The number of thioether (sulfide) groups is 1. The van der Waals surface area contributed by atoms with Crippen molar-refractivity contribution in [2.45, 2.75) is 57.3 Å². The molecule has 20 heavy (non-hydrogen) atoms. The molecule has 2 nitrogen and oxygen atoms in total. The highest BCUT2D eigenvalue weighted by atomic mass is 32.2. The van der Waals surface area contributed by atoms with Crippen LogP contribution in [0.5, 0.6) is 5.75 Å². The van der Waals surface area contributed by atoms with Crippen LogP contribution in [-0.4, -0.2) is 23.2 Å². The van der Waals surface area contributed by atoms with Crippen molar-refractivity contribution in [3.8, 4) is 5.75 Å². The third kappa shape index (κ3) is 3.92. The van der Waals surface area contributed by atoms with Gasteiger partial charge in [-0.05, 0) is 43.9 Å². The monoisotopic (exact) mass is 294 g/mol. The SMILES string of the molecule is COc1cc(C)cc(C)c1C(O)CSC1CCCCC1. The Morgan fingerprint density at radius 2 is 1.95 bits per heavy atom. The molecular formula is C17H26O2S. The Hall–Kier alpha value is -0.670. The molecule has 1 atom stereocenters. The molecule has 0 amide bonds. The van der Waals surface area contributed by atoms with Crippen LogP contribution in [0.15, 0.2) is 12.1 Å². The first-order chi connectivity index (χ1) is 9.61. The zero-order valence-corrected chi connectivity index (χ0v) is 13.6. The lowest BCUT2D eigenvalue weighted by Gasteiger charge is -2.23. The molecule has 1 saturated carbocycles. The minimum atomic E-state index is -0.433. The molecule has 1 aromatic rings. The van der Waals surface area contributed by atoms with Gasteiger partial charge in [0, 0.05) is 16.6 Å². The average Bonchev–Trinajstić information content (AvgIpc) is 2.45. The lowest BCUT2D eigenvalue weighted by atomic mass is 10.0. The fraction of sp³-hybridized carbons (Fsp3) is 0.647. The summed E-state index contributed by atoms with van der Waals surface area (Å²) < 4.78 is 5.45. The molecule has 1 aliphatic rings. The molecule has 0 saturated heterocycles. The van der Waals surface area contributed by atoms with Gasteiger partial charge in [-0.15, -0.1) is 0 Å². The van der Waals surface area contributed by atoms with Crippen molar-refractivity contribution in [2.75, 3.05) is 12.9 Å². The van der Waals surface area contributed by atoms with Crippen molar-refractivity contribution < 1.29 is 9.84 Å². The highest BCUT2D eigenvalue weighted by Crippen LogP contribution is 2.35. The molecule has 0 heterocycles. The Morgan fingerprint density at radius 3 is 2.60 bits per heavy atom. The maximum absolute atomic E-state index is 10.5. The molecule has 0 bridgehead atoms. The van der Waals surface area contributed by atoms with Gasteiger partial charge in [0.15, 0.2) is 0 Å². The van der Waals surface area contributed by atoms with E-state index in [1.807, 2.05) is 17.8 Å². The Kier molecular flexibility index (Phi) is 5.79. The Bertz CT molecular complexity index is 439. The van der Waals surface area contributed by atoms with Crippen LogP contribution in [0.25, 0.3) is 0 Å². The Balaban J connectivity index is 2.02. The van der Waals surface area contributed by atoms with Crippen molar-refractivity contribution >= 4 is 11.8 Å². The van der Waals surface area contributed by atoms with Crippen molar-refractivity contribution in [1.82, 2.24) is 0 Å². The van der Waals surface area contributed by atoms with Gasteiger partial charge in [0.05, 0.1) is 13.2 Å². The van der Waals surface area contributed by atoms with Crippen molar-refractivity contribution in [3.05, 3.63) is 28.8 Å². The smallest absolute Gasteiger partial charge is 0.125 e. The van der Waals surface area contributed by atoms with E-state index >= 15 is 0 Å². The predicted molar refractivity (Wildman–Crippen MR) is 86.8 cm³/mol.